The Bertz CT molecular complexity index is 2880. The van der Waals surface area contributed by atoms with Crippen molar-refractivity contribution in [2.75, 3.05) is 4.90 Å². The van der Waals surface area contributed by atoms with E-state index in [9.17, 15) is 10.5 Å². The van der Waals surface area contributed by atoms with E-state index in [0.717, 1.165) is 23.5 Å². The molecule has 0 heterocycles. The number of nitrogens with zero attached hydrogens (tertiary/aromatic N) is 3. The first kappa shape index (κ1) is 35.7. The van der Waals surface area contributed by atoms with Crippen LogP contribution in [0, 0.1) is 22.7 Å². The minimum absolute atomic E-state index is 0.223. The summed E-state index contributed by atoms with van der Waals surface area (Å²) in [7, 11) is -3.00. The second kappa shape index (κ2) is 13.1. The molecule has 2 atom stereocenters. The van der Waals surface area contributed by atoms with Crippen molar-refractivity contribution in [2.45, 2.75) is 57.0 Å². The van der Waals surface area contributed by atoms with Gasteiger partial charge in [0.25, 0.3) is 0 Å². The number of benzene rings is 8. The molecule has 0 N–H and O–H groups in total. The molecule has 272 valence electrons. The van der Waals surface area contributed by atoms with Gasteiger partial charge in [-0.15, -0.1) is 0 Å². The number of rotatable bonds is 8. The SMILES string of the molecule is C[Si](C)(C)c1ccc(N(c2cccc(C#N)c2)c2ccc3ccc4c(C5(c6ccc([Si](C)(C)C)cc6)CC5c5cccc(C#N)c5)ccc5ccc2c3c54)cc1. The fourth-order valence-corrected chi connectivity index (χ4v) is 11.5. The predicted octanol–water partition coefficient (Wildman–Crippen LogP) is 12.4. The average molecular weight is 756 g/mol. The number of anilines is 3. The lowest BCUT2D eigenvalue weighted by atomic mass is 9.79. The Labute approximate surface area is 332 Å². The molecule has 2 unspecified atom stereocenters. The fraction of sp³-hybridized carbons (Fsp3) is 0.176. The van der Waals surface area contributed by atoms with Crippen LogP contribution in [0.1, 0.15) is 40.2 Å². The zero-order valence-electron chi connectivity index (χ0n) is 33.0. The molecule has 56 heavy (non-hydrogen) atoms. The largest absolute Gasteiger partial charge is 0.310 e. The van der Waals surface area contributed by atoms with Crippen molar-refractivity contribution in [1.29, 1.82) is 10.5 Å². The molecule has 5 heteroatoms. The zero-order chi connectivity index (χ0) is 39.0. The second-order valence-corrected chi connectivity index (χ2v) is 27.9. The summed E-state index contributed by atoms with van der Waals surface area (Å²) in [5.41, 5.74) is 8.14. The van der Waals surface area contributed by atoms with Gasteiger partial charge in [0.05, 0.1) is 45.1 Å². The van der Waals surface area contributed by atoms with Gasteiger partial charge in [-0.3, -0.25) is 0 Å². The predicted molar refractivity (Wildman–Crippen MR) is 241 cm³/mol. The third-order valence-corrected chi connectivity index (χ3v) is 16.4. The highest BCUT2D eigenvalue weighted by molar-refractivity contribution is 6.89. The van der Waals surface area contributed by atoms with Crippen LogP contribution in [-0.2, 0) is 5.41 Å². The summed E-state index contributed by atoms with van der Waals surface area (Å²) in [6.07, 6.45) is 0.986. The molecule has 1 saturated carbocycles. The number of hydrogen-bond donors (Lipinski definition) is 0. The van der Waals surface area contributed by atoms with Gasteiger partial charge in [0.1, 0.15) is 0 Å². The van der Waals surface area contributed by atoms with Crippen LogP contribution in [-0.4, -0.2) is 16.1 Å². The molecule has 8 aromatic rings. The van der Waals surface area contributed by atoms with E-state index in [4.69, 9.17) is 0 Å². The molecule has 0 amide bonds. The molecular weight excluding hydrogens is 711 g/mol. The smallest absolute Gasteiger partial charge is 0.0992 e. The molecule has 3 nitrogen and oxygen atoms in total. The van der Waals surface area contributed by atoms with Gasteiger partial charge in [-0.05, 0) is 104 Å². The highest BCUT2D eigenvalue weighted by atomic mass is 28.3. The molecule has 0 saturated heterocycles. The highest BCUT2D eigenvalue weighted by Gasteiger charge is 2.57. The average Bonchev–Trinajstić information content (AvgIpc) is 3.97. The van der Waals surface area contributed by atoms with Crippen LogP contribution in [0.15, 0.2) is 146 Å². The summed E-state index contributed by atoms with van der Waals surface area (Å²) in [5.74, 6) is 0.254. The molecule has 0 aromatic heterocycles. The van der Waals surface area contributed by atoms with Crippen LogP contribution in [0.5, 0.6) is 0 Å². The van der Waals surface area contributed by atoms with E-state index in [0.29, 0.717) is 11.1 Å². The summed E-state index contributed by atoms with van der Waals surface area (Å²) in [6.45, 7) is 14.4. The quantitative estimate of drug-likeness (QED) is 0.115. The van der Waals surface area contributed by atoms with Gasteiger partial charge in [-0.2, -0.15) is 10.5 Å². The number of hydrogen-bond acceptors (Lipinski definition) is 3. The van der Waals surface area contributed by atoms with Gasteiger partial charge >= 0.3 is 0 Å². The van der Waals surface area contributed by atoms with E-state index in [1.807, 2.05) is 30.3 Å². The molecule has 0 aliphatic heterocycles. The first-order valence-corrected chi connectivity index (χ1v) is 26.6. The van der Waals surface area contributed by atoms with Crippen LogP contribution < -0.4 is 15.3 Å². The Morgan fingerprint density at radius 3 is 1.75 bits per heavy atom. The van der Waals surface area contributed by atoms with Crippen LogP contribution >= 0.6 is 0 Å². The normalized spacial score (nSPS) is 16.9. The van der Waals surface area contributed by atoms with Crippen LogP contribution in [0.2, 0.25) is 39.3 Å². The topological polar surface area (TPSA) is 50.8 Å². The minimum atomic E-state index is -1.51. The summed E-state index contributed by atoms with van der Waals surface area (Å²) in [5, 5.41) is 30.1. The number of nitriles is 2. The molecule has 1 aliphatic rings. The minimum Gasteiger partial charge on any atom is -0.310 e. The molecule has 0 spiro atoms. The third kappa shape index (κ3) is 5.82. The standard InChI is InChI=1S/C51H45N3Si2/c1-55(2,3)42-21-17-39(18-22-42)51(31-47(51)38-11-7-9-34(29-38)32-52)46-27-15-36-14-26-45-48(28-16-37-13-25-44(46)49(36)50(37)45)54(41-12-8-10-35(30-41)33-53)40-19-23-43(24-20-40)56(4,5)6/h7-30,47H,31H2,1-6H3. The maximum Gasteiger partial charge on any atom is 0.0992 e. The van der Waals surface area contributed by atoms with Crippen molar-refractivity contribution < 1.29 is 0 Å². The van der Waals surface area contributed by atoms with Gasteiger partial charge in [0.2, 0.25) is 0 Å². The highest BCUT2D eigenvalue weighted by Crippen LogP contribution is 2.65. The molecule has 1 aliphatic carbocycles. The van der Waals surface area contributed by atoms with E-state index in [1.165, 1.54) is 59.4 Å². The van der Waals surface area contributed by atoms with E-state index in [-0.39, 0.29) is 11.3 Å². The summed E-state index contributed by atoms with van der Waals surface area (Å²) in [6, 6.07) is 58.0. The third-order valence-electron chi connectivity index (χ3n) is 12.2. The van der Waals surface area contributed by atoms with Crippen molar-refractivity contribution in [1.82, 2.24) is 0 Å². The Morgan fingerprint density at radius 1 is 0.554 bits per heavy atom. The zero-order valence-corrected chi connectivity index (χ0v) is 35.0. The maximum absolute atomic E-state index is 9.94. The molecule has 1 fully saturated rings. The molecule has 8 aromatic carbocycles. The van der Waals surface area contributed by atoms with Gasteiger partial charge in [-0.1, -0.05) is 147 Å². The molecule has 0 radical (unpaired) electrons. The second-order valence-electron chi connectivity index (χ2n) is 17.7. The maximum atomic E-state index is 9.94. The fourth-order valence-electron chi connectivity index (χ4n) is 9.15. The summed E-state index contributed by atoms with van der Waals surface area (Å²) in [4.78, 5) is 2.32. The van der Waals surface area contributed by atoms with Crippen LogP contribution in [0.25, 0.3) is 32.3 Å². The van der Waals surface area contributed by atoms with Gasteiger partial charge in [0, 0.05) is 22.2 Å². The van der Waals surface area contributed by atoms with Crippen LogP contribution in [0.4, 0.5) is 17.1 Å². The van der Waals surface area contributed by atoms with Gasteiger partial charge in [0.15, 0.2) is 0 Å². The molecule has 0 bridgehead atoms. The van der Waals surface area contributed by atoms with Crippen molar-refractivity contribution in [3.8, 4) is 12.1 Å². The lowest BCUT2D eigenvalue weighted by Gasteiger charge is -2.29. The monoisotopic (exact) mass is 755 g/mol. The Morgan fingerprint density at radius 2 is 1.11 bits per heavy atom. The van der Waals surface area contributed by atoms with E-state index in [2.05, 4.69) is 172 Å². The Kier molecular flexibility index (Phi) is 8.33. The lowest BCUT2D eigenvalue weighted by molar-refractivity contribution is 0.812. The first-order valence-electron chi connectivity index (χ1n) is 19.6. The van der Waals surface area contributed by atoms with Gasteiger partial charge < -0.3 is 4.90 Å². The molecular formula is C51H45N3Si2. The van der Waals surface area contributed by atoms with E-state index < -0.39 is 16.1 Å². The van der Waals surface area contributed by atoms with Gasteiger partial charge in [-0.25, -0.2) is 0 Å². The van der Waals surface area contributed by atoms with Crippen molar-refractivity contribution >= 4 is 75.9 Å². The lowest BCUT2D eigenvalue weighted by Crippen LogP contribution is -2.37. The Balaban J connectivity index is 1.28. The summed E-state index contributed by atoms with van der Waals surface area (Å²) >= 11 is 0. The summed E-state index contributed by atoms with van der Waals surface area (Å²) < 4.78 is 0. The Hall–Kier alpha value is -5.99. The molecule has 9 rings (SSSR count). The van der Waals surface area contributed by atoms with Crippen molar-refractivity contribution in [2.24, 2.45) is 0 Å². The van der Waals surface area contributed by atoms with Crippen molar-refractivity contribution in [3.63, 3.8) is 0 Å². The van der Waals surface area contributed by atoms with Crippen LogP contribution in [0.3, 0.4) is 0 Å². The van der Waals surface area contributed by atoms with E-state index >= 15 is 0 Å². The van der Waals surface area contributed by atoms with Crippen molar-refractivity contribution in [3.05, 3.63) is 173 Å². The first-order chi connectivity index (χ1) is 26.9. The van der Waals surface area contributed by atoms with E-state index in [1.54, 1.807) is 0 Å².